The number of hydrogen-bond acceptors (Lipinski definition) is 3. The summed E-state index contributed by atoms with van der Waals surface area (Å²) in [5.74, 6) is 0. The molecule has 1 heterocycles. The van der Waals surface area contributed by atoms with Gasteiger partial charge in [0.05, 0.1) is 4.90 Å². The van der Waals surface area contributed by atoms with Gasteiger partial charge in [0, 0.05) is 19.0 Å². The Hall–Kier alpha value is -1.43. The lowest BCUT2D eigenvalue weighted by atomic mass is 10.1. The van der Waals surface area contributed by atoms with Crippen LogP contribution in [0.2, 0.25) is 0 Å². The van der Waals surface area contributed by atoms with Crippen molar-refractivity contribution in [3.05, 3.63) is 42.5 Å². The fourth-order valence-corrected chi connectivity index (χ4v) is 4.98. The molecule has 2 aromatic carbocycles. The lowest BCUT2D eigenvalue weighted by Crippen LogP contribution is -2.32. The Balaban J connectivity index is 1.61. The second-order valence-electron chi connectivity index (χ2n) is 6.91. The van der Waals surface area contributed by atoms with E-state index in [2.05, 4.69) is 4.90 Å². The third kappa shape index (κ3) is 4.40. The van der Waals surface area contributed by atoms with Crippen molar-refractivity contribution in [3.8, 4) is 0 Å². The Morgan fingerprint density at radius 2 is 1.68 bits per heavy atom. The molecule has 0 aliphatic carbocycles. The molecule has 136 valence electrons. The lowest BCUT2D eigenvalue weighted by molar-refractivity contribution is 0.223. The van der Waals surface area contributed by atoms with E-state index in [-0.39, 0.29) is 0 Å². The molecule has 3 rings (SSSR count). The number of hydrogen-bond donors (Lipinski definition) is 0. The summed E-state index contributed by atoms with van der Waals surface area (Å²) in [6.07, 6.45) is 5.90. The Labute approximate surface area is 151 Å². The van der Waals surface area contributed by atoms with Crippen molar-refractivity contribution in [2.45, 2.75) is 37.0 Å². The molecule has 0 unspecified atom stereocenters. The zero-order chi connectivity index (χ0) is 17.7. The average Bonchev–Trinajstić information content (AvgIpc) is 2.65. The molecule has 0 radical (unpaired) electrons. The highest BCUT2D eigenvalue weighted by atomic mass is 32.2. The molecule has 25 heavy (non-hydrogen) atoms. The van der Waals surface area contributed by atoms with Gasteiger partial charge in [0.2, 0.25) is 10.0 Å². The highest BCUT2D eigenvalue weighted by molar-refractivity contribution is 7.89. The fourth-order valence-electron chi connectivity index (χ4n) is 3.56. The number of piperidine rings is 1. The predicted molar refractivity (Wildman–Crippen MR) is 103 cm³/mol. The maximum absolute atomic E-state index is 13.0. The van der Waals surface area contributed by atoms with E-state index in [1.807, 2.05) is 36.4 Å². The highest BCUT2D eigenvalue weighted by Crippen LogP contribution is 2.25. The highest BCUT2D eigenvalue weighted by Gasteiger charge is 2.22. The van der Waals surface area contributed by atoms with Crippen LogP contribution in [0.5, 0.6) is 0 Å². The first-order chi connectivity index (χ1) is 12.1. The molecule has 4 nitrogen and oxygen atoms in total. The van der Waals surface area contributed by atoms with Crippen LogP contribution in [0.15, 0.2) is 47.4 Å². The Bertz CT molecular complexity index is 793. The van der Waals surface area contributed by atoms with Crippen molar-refractivity contribution in [2.75, 3.05) is 33.2 Å². The van der Waals surface area contributed by atoms with E-state index in [9.17, 15) is 8.42 Å². The van der Waals surface area contributed by atoms with Crippen LogP contribution in [0.1, 0.15) is 32.1 Å². The molecule has 0 saturated carbocycles. The van der Waals surface area contributed by atoms with E-state index in [0.717, 1.165) is 30.2 Å². The number of benzene rings is 2. The van der Waals surface area contributed by atoms with Gasteiger partial charge in [-0.3, -0.25) is 0 Å². The van der Waals surface area contributed by atoms with Crippen LogP contribution in [0.3, 0.4) is 0 Å². The summed E-state index contributed by atoms with van der Waals surface area (Å²) in [7, 11) is -1.76. The van der Waals surface area contributed by atoms with E-state index in [4.69, 9.17) is 0 Å². The standard InChI is InChI=1S/C20H28N2O2S/c1-21(14-7-8-17-22-15-5-2-6-16-22)25(23,24)20-13-9-11-18-10-3-4-12-19(18)20/h3-4,9-13H,2,5-8,14-17H2,1H3. The second-order valence-corrected chi connectivity index (χ2v) is 8.93. The minimum absolute atomic E-state index is 0.407. The molecular weight excluding hydrogens is 332 g/mol. The Morgan fingerprint density at radius 3 is 2.48 bits per heavy atom. The summed E-state index contributed by atoms with van der Waals surface area (Å²) < 4.78 is 27.4. The fraction of sp³-hybridized carbons (Fsp3) is 0.500. The maximum Gasteiger partial charge on any atom is 0.243 e. The minimum atomic E-state index is -3.45. The molecule has 2 aromatic rings. The third-order valence-corrected chi connectivity index (χ3v) is 7.00. The molecule has 0 atom stereocenters. The van der Waals surface area contributed by atoms with Gasteiger partial charge in [-0.05, 0) is 56.8 Å². The van der Waals surface area contributed by atoms with Crippen molar-refractivity contribution in [2.24, 2.45) is 0 Å². The monoisotopic (exact) mass is 360 g/mol. The predicted octanol–water partition coefficient (Wildman–Crippen LogP) is 3.73. The SMILES string of the molecule is CN(CCCCN1CCCCC1)S(=O)(=O)c1cccc2ccccc12. The molecule has 0 bridgehead atoms. The smallest absolute Gasteiger partial charge is 0.243 e. The maximum atomic E-state index is 13.0. The van der Waals surface area contributed by atoms with E-state index in [0.29, 0.717) is 11.4 Å². The van der Waals surface area contributed by atoms with Gasteiger partial charge in [0.1, 0.15) is 0 Å². The molecule has 1 saturated heterocycles. The number of sulfonamides is 1. The van der Waals surface area contributed by atoms with Gasteiger partial charge in [-0.2, -0.15) is 0 Å². The number of fused-ring (bicyclic) bond motifs is 1. The zero-order valence-corrected chi connectivity index (χ0v) is 15.8. The lowest BCUT2D eigenvalue weighted by Gasteiger charge is -2.26. The van der Waals surface area contributed by atoms with Gasteiger partial charge < -0.3 is 4.90 Å². The zero-order valence-electron chi connectivity index (χ0n) is 15.0. The largest absolute Gasteiger partial charge is 0.303 e. The first-order valence-electron chi connectivity index (χ1n) is 9.25. The number of unbranched alkanes of at least 4 members (excludes halogenated alkanes) is 1. The molecule has 1 fully saturated rings. The number of likely N-dealkylation sites (tertiary alicyclic amines) is 1. The summed E-state index contributed by atoms with van der Waals surface area (Å²) in [4.78, 5) is 2.91. The first kappa shape index (κ1) is 18.4. The van der Waals surface area contributed by atoms with Gasteiger partial charge in [0.25, 0.3) is 0 Å². The van der Waals surface area contributed by atoms with E-state index in [1.54, 1.807) is 13.1 Å². The molecule has 0 spiro atoms. The Kier molecular flexibility index (Phi) is 6.10. The van der Waals surface area contributed by atoms with Gasteiger partial charge in [0.15, 0.2) is 0 Å². The average molecular weight is 361 g/mol. The van der Waals surface area contributed by atoms with E-state index >= 15 is 0 Å². The summed E-state index contributed by atoms with van der Waals surface area (Å²) in [6, 6.07) is 13.1. The molecule has 0 N–H and O–H groups in total. The van der Waals surface area contributed by atoms with Crippen LogP contribution in [0, 0.1) is 0 Å². The second kappa shape index (κ2) is 8.30. The van der Waals surface area contributed by atoms with Crippen molar-refractivity contribution in [1.82, 2.24) is 9.21 Å². The van der Waals surface area contributed by atoms with Crippen molar-refractivity contribution in [1.29, 1.82) is 0 Å². The van der Waals surface area contributed by atoms with Crippen LogP contribution in [0.25, 0.3) is 10.8 Å². The summed E-state index contributed by atoms with van der Waals surface area (Å²) >= 11 is 0. The molecule has 1 aliphatic rings. The number of rotatable bonds is 7. The van der Waals surface area contributed by atoms with Crippen LogP contribution in [0.4, 0.5) is 0 Å². The molecule has 0 aromatic heterocycles. The van der Waals surface area contributed by atoms with Gasteiger partial charge in [-0.25, -0.2) is 12.7 Å². The first-order valence-corrected chi connectivity index (χ1v) is 10.7. The Morgan fingerprint density at radius 1 is 0.960 bits per heavy atom. The topological polar surface area (TPSA) is 40.6 Å². The van der Waals surface area contributed by atoms with Crippen molar-refractivity contribution >= 4 is 20.8 Å². The summed E-state index contributed by atoms with van der Waals surface area (Å²) in [5, 5.41) is 1.76. The van der Waals surface area contributed by atoms with Crippen molar-refractivity contribution in [3.63, 3.8) is 0 Å². The van der Waals surface area contributed by atoms with Crippen LogP contribution in [-0.2, 0) is 10.0 Å². The van der Waals surface area contributed by atoms with E-state index < -0.39 is 10.0 Å². The summed E-state index contributed by atoms with van der Waals surface area (Å²) in [6.45, 7) is 4.05. The van der Waals surface area contributed by atoms with Gasteiger partial charge in [-0.1, -0.05) is 42.8 Å². The van der Waals surface area contributed by atoms with E-state index in [1.165, 1.54) is 36.7 Å². The molecule has 1 aliphatic heterocycles. The third-order valence-electron chi connectivity index (χ3n) is 5.08. The molecule has 0 amide bonds. The molecular formula is C20H28N2O2S. The summed E-state index contributed by atoms with van der Waals surface area (Å²) in [5.41, 5.74) is 0. The van der Waals surface area contributed by atoms with Gasteiger partial charge >= 0.3 is 0 Å². The quantitative estimate of drug-likeness (QED) is 0.707. The minimum Gasteiger partial charge on any atom is -0.303 e. The normalized spacial score (nSPS) is 16.6. The van der Waals surface area contributed by atoms with Crippen molar-refractivity contribution < 1.29 is 8.42 Å². The number of nitrogens with zero attached hydrogens (tertiary/aromatic N) is 2. The molecule has 5 heteroatoms. The van der Waals surface area contributed by atoms with Crippen LogP contribution < -0.4 is 0 Å². The van der Waals surface area contributed by atoms with Gasteiger partial charge in [-0.15, -0.1) is 0 Å². The van der Waals surface area contributed by atoms with Crippen LogP contribution in [-0.4, -0.2) is 50.8 Å². The van der Waals surface area contributed by atoms with Crippen LogP contribution >= 0.6 is 0 Å².